The number of rotatable bonds is 2. The summed E-state index contributed by atoms with van der Waals surface area (Å²) in [6, 6.07) is 0.226. The van der Waals surface area contributed by atoms with Crippen LogP contribution in [0.5, 0.6) is 0 Å². The lowest BCUT2D eigenvalue weighted by atomic mass is 9.75. The van der Waals surface area contributed by atoms with Gasteiger partial charge in [0.1, 0.15) is 0 Å². The van der Waals surface area contributed by atoms with E-state index in [2.05, 4.69) is 11.8 Å². The summed E-state index contributed by atoms with van der Waals surface area (Å²) in [7, 11) is 0. The van der Waals surface area contributed by atoms with Crippen LogP contribution in [0.3, 0.4) is 0 Å². The van der Waals surface area contributed by atoms with Crippen LogP contribution in [0, 0.1) is 5.41 Å². The van der Waals surface area contributed by atoms with E-state index in [1.165, 1.54) is 0 Å². The predicted molar refractivity (Wildman–Crippen MR) is 76.8 cm³/mol. The van der Waals surface area contributed by atoms with Crippen LogP contribution in [0.2, 0.25) is 0 Å². The van der Waals surface area contributed by atoms with Crippen molar-refractivity contribution in [2.24, 2.45) is 5.41 Å². The fraction of sp³-hybridized carbons (Fsp3) is 1.00. The first kappa shape index (κ1) is 16.8. The minimum absolute atomic E-state index is 0.0448. The predicted octanol–water partition coefficient (Wildman–Crippen LogP) is 3.47. The molecule has 0 aliphatic carbocycles. The van der Waals surface area contributed by atoms with Crippen molar-refractivity contribution in [2.75, 3.05) is 32.7 Å². The summed E-state index contributed by atoms with van der Waals surface area (Å²) in [4.78, 5) is 4.22. The van der Waals surface area contributed by atoms with Gasteiger partial charge in [0.05, 0.1) is 12.0 Å². The third-order valence-electron chi connectivity index (χ3n) is 4.67. The molecule has 2 aliphatic rings. The maximum absolute atomic E-state index is 14.3. The minimum Gasteiger partial charge on any atom is -0.304 e. The van der Waals surface area contributed by atoms with Crippen molar-refractivity contribution in [3.05, 3.63) is 0 Å². The fourth-order valence-corrected chi connectivity index (χ4v) is 3.17. The molecule has 0 aromatic rings. The second kappa shape index (κ2) is 6.49. The van der Waals surface area contributed by atoms with E-state index in [4.69, 9.17) is 0 Å². The van der Waals surface area contributed by atoms with Gasteiger partial charge in [-0.1, -0.05) is 20.8 Å². The SMILES string of the molecule is CC.CCN1CCC2(CC1)CN(C(C)C)CC2(F)F. The lowest BCUT2D eigenvalue weighted by Crippen LogP contribution is -2.49. The van der Waals surface area contributed by atoms with Gasteiger partial charge < -0.3 is 4.90 Å². The standard InChI is InChI=1S/C13H24F2N2.C2H6/c1-4-16-7-5-12(6-8-16)9-17(11(2)3)10-13(12,14)15;1-2/h11H,4-10H2,1-3H3;1-2H3. The van der Waals surface area contributed by atoms with Gasteiger partial charge in [0.2, 0.25) is 0 Å². The highest BCUT2D eigenvalue weighted by Gasteiger charge is 2.60. The highest BCUT2D eigenvalue weighted by molar-refractivity contribution is 5.05. The fourth-order valence-electron chi connectivity index (χ4n) is 3.17. The maximum atomic E-state index is 14.3. The smallest absolute Gasteiger partial charge is 0.267 e. The number of piperidine rings is 1. The number of hydrogen-bond donors (Lipinski definition) is 0. The molecule has 0 amide bonds. The Morgan fingerprint density at radius 3 is 1.95 bits per heavy atom. The second-order valence-corrected chi connectivity index (χ2v) is 5.92. The van der Waals surface area contributed by atoms with E-state index in [9.17, 15) is 8.78 Å². The largest absolute Gasteiger partial charge is 0.304 e. The Hall–Kier alpha value is -0.220. The molecule has 0 atom stereocenters. The molecule has 0 saturated carbocycles. The second-order valence-electron chi connectivity index (χ2n) is 5.92. The number of halogens is 2. The zero-order valence-electron chi connectivity index (χ0n) is 13.2. The number of alkyl halides is 2. The molecule has 2 rings (SSSR count). The first-order chi connectivity index (χ1) is 8.90. The van der Waals surface area contributed by atoms with Gasteiger partial charge >= 0.3 is 0 Å². The van der Waals surface area contributed by atoms with Gasteiger partial charge in [-0.25, -0.2) is 8.78 Å². The van der Waals surface area contributed by atoms with E-state index in [-0.39, 0.29) is 12.6 Å². The quantitative estimate of drug-likeness (QED) is 0.762. The van der Waals surface area contributed by atoms with Crippen LogP contribution in [-0.2, 0) is 0 Å². The molecule has 19 heavy (non-hydrogen) atoms. The van der Waals surface area contributed by atoms with Gasteiger partial charge in [0, 0.05) is 12.6 Å². The Morgan fingerprint density at radius 1 is 1.05 bits per heavy atom. The Kier molecular flexibility index (Phi) is 5.75. The van der Waals surface area contributed by atoms with Crippen molar-refractivity contribution >= 4 is 0 Å². The molecular formula is C15H30F2N2. The van der Waals surface area contributed by atoms with Gasteiger partial charge in [-0.05, 0) is 46.3 Å². The lowest BCUT2D eigenvalue weighted by molar-refractivity contribution is -0.109. The summed E-state index contributed by atoms with van der Waals surface area (Å²) in [5.74, 6) is -2.50. The molecule has 0 unspecified atom stereocenters. The zero-order chi connectivity index (χ0) is 14.7. The highest BCUT2D eigenvalue weighted by atomic mass is 19.3. The Balaban J connectivity index is 0.000000861. The van der Waals surface area contributed by atoms with E-state index >= 15 is 0 Å². The van der Waals surface area contributed by atoms with E-state index in [1.807, 2.05) is 32.6 Å². The third kappa shape index (κ3) is 3.27. The van der Waals surface area contributed by atoms with Gasteiger partial charge in [-0.15, -0.1) is 0 Å². The summed E-state index contributed by atoms with van der Waals surface area (Å²) in [5, 5.41) is 0. The van der Waals surface area contributed by atoms with Crippen LogP contribution in [-0.4, -0.2) is 54.5 Å². The molecule has 0 N–H and O–H groups in total. The molecule has 0 bridgehead atoms. The van der Waals surface area contributed by atoms with Crippen LogP contribution in [0.25, 0.3) is 0 Å². The molecule has 0 aromatic carbocycles. The van der Waals surface area contributed by atoms with E-state index in [0.29, 0.717) is 19.4 Å². The summed E-state index contributed by atoms with van der Waals surface area (Å²) >= 11 is 0. The molecule has 2 nitrogen and oxygen atoms in total. The van der Waals surface area contributed by atoms with Gasteiger partial charge in [0.15, 0.2) is 0 Å². The van der Waals surface area contributed by atoms with Crippen LogP contribution in [0.1, 0.15) is 47.5 Å². The van der Waals surface area contributed by atoms with Gasteiger partial charge in [-0.2, -0.15) is 0 Å². The van der Waals surface area contributed by atoms with Crippen molar-refractivity contribution in [1.82, 2.24) is 9.80 Å². The van der Waals surface area contributed by atoms with Crippen LogP contribution < -0.4 is 0 Å². The van der Waals surface area contributed by atoms with Crippen LogP contribution >= 0.6 is 0 Å². The lowest BCUT2D eigenvalue weighted by Gasteiger charge is -2.41. The number of likely N-dealkylation sites (tertiary alicyclic amines) is 2. The Labute approximate surface area is 117 Å². The molecular weight excluding hydrogens is 246 g/mol. The van der Waals surface area contributed by atoms with Crippen molar-refractivity contribution in [2.45, 2.75) is 59.4 Å². The summed E-state index contributed by atoms with van der Waals surface area (Å²) in [5.41, 5.74) is -0.747. The van der Waals surface area contributed by atoms with E-state index < -0.39 is 11.3 Å². The van der Waals surface area contributed by atoms with E-state index in [1.54, 1.807) is 0 Å². The van der Waals surface area contributed by atoms with Gasteiger partial charge in [0.25, 0.3) is 5.92 Å². The number of hydrogen-bond acceptors (Lipinski definition) is 2. The maximum Gasteiger partial charge on any atom is 0.267 e. The van der Waals surface area contributed by atoms with Crippen molar-refractivity contribution in [3.63, 3.8) is 0 Å². The monoisotopic (exact) mass is 276 g/mol. The Bertz CT molecular complexity index is 271. The van der Waals surface area contributed by atoms with Crippen LogP contribution in [0.4, 0.5) is 8.78 Å². The first-order valence-electron chi connectivity index (χ1n) is 7.74. The zero-order valence-corrected chi connectivity index (χ0v) is 13.2. The molecule has 1 spiro atoms. The molecule has 4 heteroatoms. The highest BCUT2D eigenvalue weighted by Crippen LogP contribution is 2.50. The molecule has 2 fully saturated rings. The summed E-state index contributed by atoms with van der Waals surface area (Å²) in [6.45, 7) is 13.3. The molecule has 2 saturated heterocycles. The van der Waals surface area contributed by atoms with Crippen LogP contribution in [0.15, 0.2) is 0 Å². The molecule has 0 aromatic heterocycles. The molecule has 0 radical (unpaired) electrons. The average Bonchev–Trinajstić information content (AvgIpc) is 2.65. The normalized spacial score (nSPS) is 26.5. The molecule has 2 aliphatic heterocycles. The minimum atomic E-state index is -2.50. The molecule has 114 valence electrons. The third-order valence-corrected chi connectivity index (χ3v) is 4.67. The molecule has 2 heterocycles. The Morgan fingerprint density at radius 2 is 1.58 bits per heavy atom. The van der Waals surface area contributed by atoms with Crippen molar-refractivity contribution in [1.29, 1.82) is 0 Å². The summed E-state index contributed by atoms with van der Waals surface area (Å²) < 4.78 is 28.5. The van der Waals surface area contributed by atoms with Gasteiger partial charge in [-0.3, -0.25) is 4.90 Å². The average molecular weight is 276 g/mol. The number of nitrogens with zero attached hydrogens (tertiary/aromatic N) is 2. The topological polar surface area (TPSA) is 6.48 Å². The van der Waals surface area contributed by atoms with Crippen molar-refractivity contribution < 1.29 is 8.78 Å². The van der Waals surface area contributed by atoms with E-state index in [0.717, 1.165) is 19.6 Å². The first-order valence-corrected chi connectivity index (χ1v) is 7.74. The van der Waals surface area contributed by atoms with Crippen molar-refractivity contribution in [3.8, 4) is 0 Å². The summed E-state index contributed by atoms with van der Waals surface area (Å²) in [6.07, 6.45) is 1.30.